The first-order chi connectivity index (χ1) is 20.5. The Morgan fingerprint density at radius 1 is 0.762 bits per heavy atom. The number of benzene rings is 3. The molecule has 0 atom stereocenters. The Bertz CT molecular complexity index is 1450. The van der Waals surface area contributed by atoms with Crippen molar-refractivity contribution < 1.29 is 29.3 Å². The second-order valence-corrected chi connectivity index (χ2v) is 10.4. The Kier molecular flexibility index (Phi) is 9.38. The summed E-state index contributed by atoms with van der Waals surface area (Å²) < 4.78 is 11.0. The molecule has 0 spiro atoms. The van der Waals surface area contributed by atoms with Crippen LogP contribution in [-0.4, -0.2) is 50.3 Å². The maximum Gasteiger partial charge on any atom is 0.306 e. The predicted molar refractivity (Wildman–Crippen MR) is 157 cm³/mol. The summed E-state index contributed by atoms with van der Waals surface area (Å²) in [6, 6.07) is 24.1. The summed E-state index contributed by atoms with van der Waals surface area (Å²) in [6.07, 6.45) is 4.02. The monoisotopic (exact) mass is 567 g/mol. The molecule has 216 valence electrons. The number of ether oxygens (including phenoxy) is 2. The highest BCUT2D eigenvalue weighted by molar-refractivity contribution is 5.71. The zero-order chi connectivity index (χ0) is 29.3. The molecule has 1 saturated carbocycles. The van der Waals surface area contributed by atoms with E-state index < -0.39 is 5.97 Å². The third-order valence-corrected chi connectivity index (χ3v) is 7.48. The fourth-order valence-electron chi connectivity index (χ4n) is 5.13. The number of aliphatic carboxylic acids is 1. The summed E-state index contributed by atoms with van der Waals surface area (Å²) in [5.74, 6) is 0.776. The lowest BCUT2D eigenvalue weighted by Gasteiger charge is -2.25. The van der Waals surface area contributed by atoms with Crippen LogP contribution < -0.4 is 4.74 Å². The number of hydrogen-bond donors (Lipinski definition) is 2. The molecule has 0 saturated heterocycles. The van der Waals surface area contributed by atoms with Gasteiger partial charge in [0, 0.05) is 23.6 Å². The van der Waals surface area contributed by atoms with Crippen molar-refractivity contribution in [2.75, 3.05) is 13.2 Å². The molecule has 3 aromatic carbocycles. The number of carbonyl (C=O) groups is 2. The molecule has 0 aliphatic heterocycles. The van der Waals surface area contributed by atoms with Crippen molar-refractivity contribution in [1.29, 1.82) is 0 Å². The van der Waals surface area contributed by atoms with Crippen molar-refractivity contribution in [3.63, 3.8) is 0 Å². The number of rotatable bonds is 11. The Balaban J connectivity index is 1.17. The van der Waals surface area contributed by atoms with Crippen LogP contribution in [0, 0.1) is 11.8 Å². The molecular weight excluding hydrogens is 534 g/mol. The van der Waals surface area contributed by atoms with E-state index in [0.29, 0.717) is 60.4 Å². The van der Waals surface area contributed by atoms with Crippen LogP contribution >= 0.6 is 0 Å². The van der Waals surface area contributed by atoms with Gasteiger partial charge in [0.2, 0.25) is 0 Å². The minimum Gasteiger partial charge on any atom is -0.507 e. The fourth-order valence-corrected chi connectivity index (χ4v) is 5.13. The first-order valence-electron chi connectivity index (χ1n) is 14.2. The quantitative estimate of drug-likeness (QED) is 0.161. The van der Waals surface area contributed by atoms with Gasteiger partial charge in [-0.25, -0.2) is 15.0 Å². The van der Waals surface area contributed by atoms with Crippen LogP contribution in [0.3, 0.4) is 0 Å². The van der Waals surface area contributed by atoms with E-state index in [2.05, 4.69) is 15.0 Å². The fraction of sp³-hybridized carbons (Fsp3) is 0.303. The molecule has 0 amide bonds. The lowest BCUT2D eigenvalue weighted by Crippen LogP contribution is -2.22. The van der Waals surface area contributed by atoms with Gasteiger partial charge >= 0.3 is 11.9 Å². The molecule has 9 heteroatoms. The van der Waals surface area contributed by atoms with E-state index in [9.17, 15) is 14.7 Å². The summed E-state index contributed by atoms with van der Waals surface area (Å²) >= 11 is 0. The summed E-state index contributed by atoms with van der Waals surface area (Å²) in [5, 5.41) is 20.0. The number of phenolic OH excluding ortho intramolecular Hbond substituents is 1. The Morgan fingerprint density at radius 3 is 1.93 bits per heavy atom. The van der Waals surface area contributed by atoms with E-state index in [-0.39, 0.29) is 30.9 Å². The number of phenols is 1. The molecular formula is C33H33N3O6. The van der Waals surface area contributed by atoms with Crippen molar-refractivity contribution in [2.45, 2.75) is 38.5 Å². The van der Waals surface area contributed by atoms with E-state index in [0.717, 1.165) is 24.0 Å². The predicted octanol–water partition coefficient (Wildman–Crippen LogP) is 6.17. The van der Waals surface area contributed by atoms with Crippen molar-refractivity contribution in [1.82, 2.24) is 15.0 Å². The molecule has 1 aliphatic rings. The van der Waals surface area contributed by atoms with Crippen molar-refractivity contribution in [3.05, 3.63) is 78.9 Å². The molecule has 1 fully saturated rings. The maximum absolute atomic E-state index is 12.2. The SMILES string of the molecule is O=C(CCC1CCC(C(=O)O)CC1)OCCOc1ccc(-c2nc(-c3ccccc3)nc(-c3ccccc3)n2)c(O)c1. The van der Waals surface area contributed by atoms with Gasteiger partial charge in [-0.3, -0.25) is 9.59 Å². The van der Waals surface area contributed by atoms with E-state index in [4.69, 9.17) is 14.6 Å². The van der Waals surface area contributed by atoms with Gasteiger partial charge in [0.05, 0.1) is 11.5 Å². The van der Waals surface area contributed by atoms with Crippen LogP contribution in [0.1, 0.15) is 38.5 Å². The molecule has 42 heavy (non-hydrogen) atoms. The minimum absolute atomic E-state index is 0.0497. The van der Waals surface area contributed by atoms with Crippen molar-refractivity contribution in [2.24, 2.45) is 11.8 Å². The molecule has 4 aromatic rings. The molecule has 1 aromatic heterocycles. The minimum atomic E-state index is -0.726. The molecule has 0 unspecified atom stereocenters. The number of esters is 1. The van der Waals surface area contributed by atoms with Crippen LogP contribution in [-0.2, 0) is 14.3 Å². The van der Waals surface area contributed by atoms with Crippen LogP contribution in [0.25, 0.3) is 34.2 Å². The standard InChI is InChI=1S/C33H33N3O6/c37-28-21-26(41-19-20-42-29(38)18-13-22-11-14-25(15-12-22)33(39)40)16-17-27(28)32-35-30(23-7-3-1-4-8-23)34-31(36-32)24-9-5-2-6-10-24/h1-10,16-17,21-22,25,37H,11-15,18-20H2,(H,39,40). The summed E-state index contributed by atoms with van der Waals surface area (Å²) in [7, 11) is 0. The summed E-state index contributed by atoms with van der Waals surface area (Å²) in [5.41, 5.74) is 2.10. The van der Waals surface area contributed by atoms with Crippen LogP contribution in [0.4, 0.5) is 0 Å². The van der Waals surface area contributed by atoms with Crippen molar-refractivity contribution >= 4 is 11.9 Å². The normalized spacial score (nSPS) is 16.5. The van der Waals surface area contributed by atoms with Gasteiger partial charge in [-0.1, -0.05) is 60.7 Å². The largest absolute Gasteiger partial charge is 0.507 e. The Labute approximate surface area is 244 Å². The van der Waals surface area contributed by atoms with E-state index in [1.807, 2.05) is 60.7 Å². The van der Waals surface area contributed by atoms with Gasteiger partial charge in [0.1, 0.15) is 24.7 Å². The Morgan fingerprint density at radius 2 is 1.36 bits per heavy atom. The van der Waals surface area contributed by atoms with Gasteiger partial charge < -0.3 is 19.7 Å². The van der Waals surface area contributed by atoms with Gasteiger partial charge in [0.15, 0.2) is 17.5 Å². The topological polar surface area (TPSA) is 132 Å². The van der Waals surface area contributed by atoms with Gasteiger partial charge in [0.25, 0.3) is 0 Å². The van der Waals surface area contributed by atoms with E-state index in [1.165, 1.54) is 6.07 Å². The van der Waals surface area contributed by atoms with Crippen LogP contribution in [0.5, 0.6) is 11.5 Å². The lowest BCUT2D eigenvalue weighted by molar-refractivity contribution is -0.146. The molecule has 2 N–H and O–H groups in total. The third-order valence-electron chi connectivity index (χ3n) is 7.48. The first-order valence-corrected chi connectivity index (χ1v) is 14.2. The highest BCUT2D eigenvalue weighted by atomic mass is 16.6. The second kappa shape index (κ2) is 13.7. The molecule has 9 nitrogen and oxygen atoms in total. The number of carbonyl (C=O) groups excluding carboxylic acids is 1. The number of aromatic nitrogens is 3. The van der Waals surface area contributed by atoms with E-state index in [1.54, 1.807) is 12.1 Å². The zero-order valence-corrected chi connectivity index (χ0v) is 23.2. The first kappa shape index (κ1) is 28.7. The molecule has 0 bridgehead atoms. The van der Waals surface area contributed by atoms with E-state index >= 15 is 0 Å². The van der Waals surface area contributed by atoms with Crippen molar-refractivity contribution in [3.8, 4) is 45.7 Å². The average Bonchev–Trinajstić information content (AvgIpc) is 3.03. The summed E-state index contributed by atoms with van der Waals surface area (Å²) in [4.78, 5) is 37.2. The second-order valence-electron chi connectivity index (χ2n) is 10.4. The van der Waals surface area contributed by atoms with Gasteiger partial charge in [-0.05, 0) is 50.2 Å². The molecule has 1 heterocycles. The van der Waals surface area contributed by atoms with Crippen LogP contribution in [0.2, 0.25) is 0 Å². The number of carboxylic acid groups (broad SMARTS) is 1. The van der Waals surface area contributed by atoms with Crippen LogP contribution in [0.15, 0.2) is 78.9 Å². The molecule has 0 radical (unpaired) electrons. The smallest absolute Gasteiger partial charge is 0.306 e. The molecule has 5 rings (SSSR count). The maximum atomic E-state index is 12.2. The molecule has 1 aliphatic carbocycles. The third kappa shape index (κ3) is 7.48. The highest BCUT2D eigenvalue weighted by Crippen LogP contribution is 2.33. The number of carboxylic acids is 1. The highest BCUT2D eigenvalue weighted by Gasteiger charge is 2.26. The lowest BCUT2D eigenvalue weighted by atomic mass is 9.80. The number of nitrogens with zero attached hydrogens (tertiary/aromatic N) is 3. The number of aromatic hydroxyl groups is 1. The zero-order valence-electron chi connectivity index (χ0n) is 23.2. The van der Waals surface area contributed by atoms with Gasteiger partial charge in [-0.2, -0.15) is 0 Å². The Hall–Kier alpha value is -4.79. The van der Waals surface area contributed by atoms with Gasteiger partial charge in [-0.15, -0.1) is 0 Å². The average molecular weight is 568 g/mol. The summed E-state index contributed by atoms with van der Waals surface area (Å²) in [6.45, 7) is 0.220. The number of hydrogen-bond acceptors (Lipinski definition) is 8.